The summed E-state index contributed by atoms with van der Waals surface area (Å²) in [6, 6.07) is 7.81. The molecule has 7 heteroatoms. The molecule has 0 unspecified atom stereocenters. The van der Waals surface area contributed by atoms with Crippen molar-refractivity contribution < 1.29 is 19.2 Å². The quantitative estimate of drug-likeness (QED) is 0.923. The molecule has 1 heterocycles. The van der Waals surface area contributed by atoms with Crippen LogP contribution in [0.2, 0.25) is 5.02 Å². The standard InChI is InChI=1S/C12H7ClN2O4/c13-10-3-8(2-1-7(10)5-14)18-6-9-4-11(12(16)17)15-19-9/h1-4H,6H2,(H,16,17). The van der Waals surface area contributed by atoms with Gasteiger partial charge >= 0.3 is 5.97 Å². The fraction of sp³-hybridized carbons (Fsp3) is 0.0833. The Morgan fingerprint density at radius 2 is 2.32 bits per heavy atom. The molecule has 1 aromatic carbocycles. The molecule has 19 heavy (non-hydrogen) atoms. The zero-order valence-electron chi connectivity index (χ0n) is 9.46. The summed E-state index contributed by atoms with van der Waals surface area (Å²) in [5, 5.41) is 21.0. The Balaban J connectivity index is 2.04. The van der Waals surface area contributed by atoms with Crippen LogP contribution in [0.5, 0.6) is 5.75 Å². The average Bonchev–Trinajstić information content (AvgIpc) is 2.85. The first-order valence-corrected chi connectivity index (χ1v) is 5.49. The zero-order chi connectivity index (χ0) is 13.8. The lowest BCUT2D eigenvalue weighted by atomic mass is 10.2. The Morgan fingerprint density at radius 1 is 1.53 bits per heavy atom. The minimum Gasteiger partial charge on any atom is -0.485 e. The summed E-state index contributed by atoms with van der Waals surface area (Å²) in [7, 11) is 0. The predicted octanol–water partition coefficient (Wildman–Crippen LogP) is 2.48. The van der Waals surface area contributed by atoms with Crippen LogP contribution in [-0.2, 0) is 6.61 Å². The van der Waals surface area contributed by atoms with Crippen molar-refractivity contribution >= 4 is 17.6 Å². The number of halogens is 1. The fourth-order valence-corrected chi connectivity index (χ4v) is 1.53. The highest BCUT2D eigenvalue weighted by Gasteiger charge is 2.11. The number of ether oxygens (including phenoxy) is 1. The third kappa shape index (κ3) is 3.03. The average molecular weight is 279 g/mol. The van der Waals surface area contributed by atoms with Crippen molar-refractivity contribution in [1.29, 1.82) is 5.26 Å². The molecule has 0 spiro atoms. The van der Waals surface area contributed by atoms with Crippen molar-refractivity contribution in [3.63, 3.8) is 0 Å². The first-order valence-electron chi connectivity index (χ1n) is 5.11. The van der Waals surface area contributed by atoms with Gasteiger partial charge in [0.05, 0.1) is 10.6 Å². The van der Waals surface area contributed by atoms with Crippen LogP contribution >= 0.6 is 11.6 Å². The van der Waals surface area contributed by atoms with Crippen LogP contribution in [0.1, 0.15) is 21.8 Å². The number of aromatic nitrogens is 1. The van der Waals surface area contributed by atoms with Crippen LogP contribution < -0.4 is 4.74 Å². The Hall–Kier alpha value is -2.52. The summed E-state index contributed by atoms with van der Waals surface area (Å²) >= 11 is 5.84. The Bertz CT molecular complexity index is 660. The van der Waals surface area contributed by atoms with E-state index in [1.165, 1.54) is 18.2 Å². The zero-order valence-corrected chi connectivity index (χ0v) is 10.2. The summed E-state index contributed by atoms with van der Waals surface area (Å²) in [5.74, 6) is -0.452. The van der Waals surface area contributed by atoms with Gasteiger partial charge in [-0.05, 0) is 12.1 Å². The minimum atomic E-state index is -1.17. The molecule has 0 aliphatic heterocycles. The highest BCUT2D eigenvalue weighted by Crippen LogP contribution is 2.22. The van der Waals surface area contributed by atoms with Gasteiger partial charge in [0.1, 0.15) is 18.4 Å². The van der Waals surface area contributed by atoms with Crippen molar-refractivity contribution in [1.82, 2.24) is 5.16 Å². The van der Waals surface area contributed by atoms with E-state index >= 15 is 0 Å². The summed E-state index contributed by atoms with van der Waals surface area (Å²) in [5.41, 5.74) is 0.165. The molecule has 2 aromatic rings. The number of carboxylic acids is 1. The Morgan fingerprint density at radius 3 is 2.89 bits per heavy atom. The second-order valence-corrected chi connectivity index (χ2v) is 3.93. The molecular formula is C12H7ClN2O4. The normalized spacial score (nSPS) is 9.89. The van der Waals surface area contributed by atoms with E-state index in [4.69, 9.17) is 31.2 Å². The molecule has 0 radical (unpaired) electrons. The predicted molar refractivity (Wildman–Crippen MR) is 64.0 cm³/mol. The molecule has 1 N–H and O–H groups in total. The number of carboxylic acid groups (broad SMARTS) is 1. The molecule has 2 rings (SSSR count). The number of nitriles is 1. The van der Waals surface area contributed by atoms with E-state index in [1.807, 2.05) is 6.07 Å². The maximum Gasteiger partial charge on any atom is 0.358 e. The van der Waals surface area contributed by atoms with Gasteiger partial charge in [-0.2, -0.15) is 5.26 Å². The number of benzene rings is 1. The third-order valence-corrected chi connectivity index (χ3v) is 2.53. The smallest absolute Gasteiger partial charge is 0.358 e. The summed E-state index contributed by atoms with van der Waals surface area (Å²) in [6.07, 6.45) is 0. The highest BCUT2D eigenvalue weighted by atomic mass is 35.5. The Kier molecular flexibility index (Phi) is 3.68. The molecule has 6 nitrogen and oxygen atoms in total. The molecular weight excluding hydrogens is 272 g/mol. The first kappa shape index (κ1) is 12.9. The van der Waals surface area contributed by atoms with Crippen molar-refractivity contribution in [2.24, 2.45) is 0 Å². The number of hydrogen-bond donors (Lipinski definition) is 1. The molecule has 0 atom stereocenters. The van der Waals surface area contributed by atoms with Crippen LogP contribution in [0.25, 0.3) is 0 Å². The molecule has 96 valence electrons. The van der Waals surface area contributed by atoms with E-state index in [9.17, 15) is 4.79 Å². The molecule has 0 aliphatic rings. The lowest BCUT2D eigenvalue weighted by molar-refractivity contribution is 0.0685. The molecule has 0 aliphatic carbocycles. The van der Waals surface area contributed by atoms with E-state index < -0.39 is 5.97 Å². The van der Waals surface area contributed by atoms with E-state index in [-0.39, 0.29) is 23.1 Å². The van der Waals surface area contributed by atoms with Gasteiger partial charge in [-0.3, -0.25) is 0 Å². The molecule has 0 saturated carbocycles. The number of hydrogen-bond acceptors (Lipinski definition) is 5. The topological polar surface area (TPSA) is 96.3 Å². The number of nitrogens with zero attached hydrogens (tertiary/aromatic N) is 2. The van der Waals surface area contributed by atoms with Crippen LogP contribution in [0.3, 0.4) is 0 Å². The molecule has 1 aromatic heterocycles. The van der Waals surface area contributed by atoms with Crippen molar-refractivity contribution in [2.45, 2.75) is 6.61 Å². The van der Waals surface area contributed by atoms with E-state index in [0.717, 1.165) is 0 Å². The molecule has 0 bridgehead atoms. The van der Waals surface area contributed by atoms with Crippen LogP contribution in [0, 0.1) is 11.3 Å². The summed E-state index contributed by atoms with van der Waals surface area (Å²) in [4.78, 5) is 10.6. The lowest BCUT2D eigenvalue weighted by Gasteiger charge is -2.04. The van der Waals surface area contributed by atoms with Gasteiger partial charge in [0, 0.05) is 12.1 Å². The third-order valence-electron chi connectivity index (χ3n) is 2.22. The molecule has 0 amide bonds. The second kappa shape index (κ2) is 5.42. The van der Waals surface area contributed by atoms with Crippen LogP contribution in [-0.4, -0.2) is 16.2 Å². The van der Waals surface area contributed by atoms with Gasteiger partial charge in [-0.15, -0.1) is 0 Å². The van der Waals surface area contributed by atoms with Gasteiger partial charge in [0.25, 0.3) is 0 Å². The van der Waals surface area contributed by atoms with Gasteiger partial charge in [0.2, 0.25) is 0 Å². The molecule has 0 saturated heterocycles. The van der Waals surface area contributed by atoms with Gasteiger partial charge in [0.15, 0.2) is 11.5 Å². The van der Waals surface area contributed by atoms with Gasteiger partial charge in [-0.1, -0.05) is 16.8 Å². The molecule has 0 fully saturated rings. The summed E-state index contributed by atoms with van der Waals surface area (Å²) < 4.78 is 10.1. The minimum absolute atomic E-state index is 0.0164. The Labute approximate surface area is 112 Å². The van der Waals surface area contributed by atoms with Crippen LogP contribution in [0.4, 0.5) is 0 Å². The maximum atomic E-state index is 10.6. The highest BCUT2D eigenvalue weighted by molar-refractivity contribution is 6.31. The van der Waals surface area contributed by atoms with E-state index in [0.29, 0.717) is 11.3 Å². The van der Waals surface area contributed by atoms with Gasteiger partial charge in [-0.25, -0.2) is 4.79 Å². The van der Waals surface area contributed by atoms with Gasteiger partial charge < -0.3 is 14.4 Å². The maximum absolute atomic E-state index is 10.6. The van der Waals surface area contributed by atoms with Crippen molar-refractivity contribution in [3.05, 3.63) is 46.3 Å². The lowest BCUT2D eigenvalue weighted by Crippen LogP contribution is -1.96. The second-order valence-electron chi connectivity index (χ2n) is 3.53. The monoisotopic (exact) mass is 278 g/mol. The first-order chi connectivity index (χ1) is 9.10. The van der Waals surface area contributed by atoms with E-state index in [2.05, 4.69) is 5.16 Å². The van der Waals surface area contributed by atoms with Crippen molar-refractivity contribution in [2.75, 3.05) is 0 Å². The fourth-order valence-electron chi connectivity index (χ4n) is 1.31. The number of rotatable bonds is 4. The van der Waals surface area contributed by atoms with E-state index in [1.54, 1.807) is 6.07 Å². The van der Waals surface area contributed by atoms with Crippen LogP contribution in [0.15, 0.2) is 28.8 Å². The number of carbonyl (C=O) groups is 1. The largest absolute Gasteiger partial charge is 0.485 e. The SMILES string of the molecule is N#Cc1ccc(OCc2cc(C(=O)O)no2)cc1Cl. The summed E-state index contributed by atoms with van der Waals surface area (Å²) in [6.45, 7) is 0.0164. The number of aromatic carboxylic acids is 1. The van der Waals surface area contributed by atoms with Crippen molar-refractivity contribution in [3.8, 4) is 11.8 Å².